The number of ether oxygens (including phenoxy) is 3. The van der Waals surface area contributed by atoms with E-state index in [1.165, 1.54) is 11.1 Å². The molecule has 0 fully saturated rings. The van der Waals surface area contributed by atoms with E-state index in [1.807, 2.05) is 6.07 Å². The molecule has 0 unspecified atom stereocenters. The summed E-state index contributed by atoms with van der Waals surface area (Å²) in [7, 11) is 4.97. The number of nitrogens with one attached hydrogen (secondary N) is 1. The second kappa shape index (κ2) is 7.98. The maximum absolute atomic E-state index is 5.41. The lowest BCUT2D eigenvalue weighted by Crippen LogP contribution is -2.31. The van der Waals surface area contributed by atoms with Crippen molar-refractivity contribution in [1.29, 1.82) is 0 Å². The summed E-state index contributed by atoms with van der Waals surface area (Å²) in [5.74, 6) is 2.82. The Morgan fingerprint density at radius 1 is 1.12 bits per heavy atom. The van der Waals surface area contributed by atoms with Crippen molar-refractivity contribution in [1.82, 2.24) is 15.2 Å². The van der Waals surface area contributed by atoms with Gasteiger partial charge in [-0.1, -0.05) is 0 Å². The van der Waals surface area contributed by atoms with E-state index in [-0.39, 0.29) is 0 Å². The van der Waals surface area contributed by atoms with Crippen LogP contribution in [0.25, 0.3) is 0 Å². The molecule has 1 N–H and O–H groups in total. The van der Waals surface area contributed by atoms with Crippen LogP contribution in [0.1, 0.15) is 11.1 Å². The van der Waals surface area contributed by atoms with Gasteiger partial charge in [-0.15, -0.1) is 5.10 Å². The fourth-order valence-corrected chi connectivity index (χ4v) is 2.87. The lowest BCUT2D eigenvalue weighted by Gasteiger charge is -2.30. The number of hydrogen-bond donors (Lipinski definition) is 1. The molecular formula is C17H23N5O3. The normalized spacial score (nSPS) is 13.3. The topological polar surface area (TPSA) is 81.6 Å². The lowest BCUT2D eigenvalue weighted by molar-refractivity contribution is 0.210. The first-order valence-corrected chi connectivity index (χ1v) is 8.16. The van der Waals surface area contributed by atoms with Gasteiger partial charge in [-0.2, -0.15) is 10.1 Å². The van der Waals surface area contributed by atoms with E-state index in [9.17, 15) is 0 Å². The first-order valence-electron chi connectivity index (χ1n) is 8.16. The second-order valence-electron chi connectivity index (χ2n) is 5.71. The smallest absolute Gasteiger partial charge is 0.244 e. The molecule has 1 aromatic carbocycles. The fraction of sp³-hybridized carbons (Fsp3) is 0.471. The Morgan fingerprint density at radius 3 is 2.60 bits per heavy atom. The molecule has 0 radical (unpaired) electrons. The number of fused-ring (bicyclic) bond motifs is 1. The van der Waals surface area contributed by atoms with Gasteiger partial charge in [-0.25, -0.2) is 0 Å². The highest BCUT2D eigenvalue weighted by Gasteiger charge is 2.21. The molecule has 0 saturated heterocycles. The van der Waals surface area contributed by atoms with Crippen LogP contribution < -0.4 is 19.7 Å². The highest BCUT2D eigenvalue weighted by atomic mass is 16.5. The summed E-state index contributed by atoms with van der Waals surface area (Å²) in [6, 6.07) is 4.09. The van der Waals surface area contributed by atoms with E-state index >= 15 is 0 Å². The van der Waals surface area contributed by atoms with E-state index in [4.69, 9.17) is 14.2 Å². The van der Waals surface area contributed by atoms with Gasteiger partial charge in [0, 0.05) is 26.7 Å². The molecule has 0 bridgehead atoms. The van der Waals surface area contributed by atoms with E-state index in [0.717, 1.165) is 36.8 Å². The summed E-state index contributed by atoms with van der Waals surface area (Å²) in [4.78, 5) is 6.73. The molecule has 0 amide bonds. The maximum atomic E-state index is 5.41. The molecule has 25 heavy (non-hydrogen) atoms. The van der Waals surface area contributed by atoms with E-state index < -0.39 is 0 Å². The predicted octanol–water partition coefficient (Wildman–Crippen LogP) is 1.51. The van der Waals surface area contributed by atoms with Crippen molar-refractivity contribution in [3.63, 3.8) is 0 Å². The summed E-state index contributed by atoms with van der Waals surface area (Å²) in [5, 5.41) is 11.2. The Balaban J connectivity index is 1.77. The van der Waals surface area contributed by atoms with E-state index in [1.54, 1.807) is 27.5 Å². The standard InChI is InChI=1S/C17H23N5O3/c1-23-7-5-18-17-20-16(10-19-21-17)22-6-4-12-8-14(24-2)15(25-3)9-13(12)11-22/h8-10H,4-7,11H2,1-3H3,(H,18,20,21). The Hall–Kier alpha value is -2.61. The number of nitrogens with zero attached hydrogens (tertiary/aromatic N) is 4. The summed E-state index contributed by atoms with van der Waals surface area (Å²) in [6.45, 7) is 2.83. The van der Waals surface area contributed by atoms with Crippen molar-refractivity contribution >= 4 is 11.8 Å². The molecule has 1 aromatic heterocycles. The van der Waals surface area contributed by atoms with Crippen molar-refractivity contribution in [3.8, 4) is 11.5 Å². The lowest BCUT2D eigenvalue weighted by atomic mass is 9.99. The highest BCUT2D eigenvalue weighted by Crippen LogP contribution is 2.34. The van der Waals surface area contributed by atoms with E-state index in [0.29, 0.717) is 19.1 Å². The summed E-state index contributed by atoms with van der Waals surface area (Å²) >= 11 is 0. The molecule has 2 heterocycles. The molecule has 0 aliphatic carbocycles. The number of aromatic nitrogens is 3. The van der Waals surface area contributed by atoms with Crippen molar-refractivity contribution in [3.05, 3.63) is 29.5 Å². The molecule has 1 aliphatic heterocycles. The van der Waals surface area contributed by atoms with Crippen LogP contribution in [-0.2, 0) is 17.7 Å². The van der Waals surface area contributed by atoms with Crippen LogP contribution in [0.2, 0.25) is 0 Å². The van der Waals surface area contributed by atoms with Crippen molar-refractivity contribution < 1.29 is 14.2 Å². The number of anilines is 2. The fourth-order valence-electron chi connectivity index (χ4n) is 2.87. The molecular weight excluding hydrogens is 322 g/mol. The molecule has 8 heteroatoms. The van der Waals surface area contributed by atoms with Crippen molar-refractivity contribution in [2.24, 2.45) is 0 Å². The molecule has 134 valence electrons. The quantitative estimate of drug-likeness (QED) is 0.756. The Labute approximate surface area is 147 Å². The Bertz CT molecular complexity index is 725. The van der Waals surface area contributed by atoms with Gasteiger partial charge in [0.25, 0.3) is 0 Å². The third-order valence-electron chi connectivity index (χ3n) is 4.18. The molecule has 1 aliphatic rings. The highest BCUT2D eigenvalue weighted by molar-refractivity contribution is 5.52. The van der Waals surface area contributed by atoms with Crippen LogP contribution in [0, 0.1) is 0 Å². The third kappa shape index (κ3) is 3.90. The van der Waals surface area contributed by atoms with Gasteiger partial charge in [0.2, 0.25) is 5.95 Å². The van der Waals surface area contributed by atoms with Crippen LogP contribution >= 0.6 is 0 Å². The number of hydrogen-bond acceptors (Lipinski definition) is 8. The minimum atomic E-state index is 0.507. The van der Waals surface area contributed by atoms with Crippen LogP contribution in [0.3, 0.4) is 0 Å². The molecule has 0 saturated carbocycles. The molecule has 3 rings (SSSR count). The molecule has 0 spiro atoms. The molecule has 2 aromatic rings. The first-order chi connectivity index (χ1) is 12.2. The molecule has 0 atom stereocenters. The minimum Gasteiger partial charge on any atom is -0.493 e. The van der Waals surface area contributed by atoms with Gasteiger partial charge >= 0.3 is 0 Å². The molecule has 8 nitrogen and oxygen atoms in total. The predicted molar refractivity (Wildman–Crippen MR) is 94.5 cm³/mol. The van der Waals surface area contributed by atoms with Crippen LogP contribution in [-0.4, -0.2) is 56.2 Å². The van der Waals surface area contributed by atoms with Crippen LogP contribution in [0.4, 0.5) is 11.8 Å². The SMILES string of the molecule is COCCNc1nncc(N2CCc3cc(OC)c(OC)cc3C2)n1. The van der Waals surface area contributed by atoms with Gasteiger partial charge in [0.15, 0.2) is 17.3 Å². The number of benzene rings is 1. The van der Waals surface area contributed by atoms with Crippen molar-refractivity contribution in [2.45, 2.75) is 13.0 Å². The number of methoxy groups -OCH3 is 3. The van der Waals surface area contributed by atoms with Crippen molar-refractivity contribution in [2.75, 3.05) is 51.2 Å². The maximum Gasteiger partial charge on any atom is 0.244 e. The Morgan fingerprint density at radius 2 is 1.88 bits per heavy atom. The first kappa shape index (κ1) is 17.2. The minimum absolute atomic E-state index is 0.507. The summed E-state index contributed by atoms with van der Waals surface area (Å²) < 4.78 is 15.8. The zero-order chi connectivity index (χ0) is 17.6. The second-order valence-corrected chi connectivity index (χ2v) is 5.71. The average Bonchev–Trinajstić information content (AvgIpc) is 2.67. The third-order valence-corrected chi connectivity index (χ3v) is 4.18. The van der Waals surface area contributed by atoms with Gasteiger partial charge in [-0.3, -0.25) is 0 Å². The largest absolute Gasteiger partial charge is 0.493 e. The number of rotatable bonds is 7. The van der Waals surface area contributed by atoms with Crippen LogP contribution in [0.5, 0.6) is 11.5 Å². The van der Waals surface area contributed by atoms with Gasteiger partial charge in [-0.05, 0) is 29.7 Å². The monoisotopic (exact) mass is 345 g/mol. The average molecular weight is 345 g/mol. The van der Waals surface area contributed by atoms with Gasteiger partial charge in [0.1, 0.15) is 0 Å². The summed E-state index contributed by atoms with van der Waals surface area (Å²) in [6.07, 6.45) is 2.60. The van der Waals surface area contributed by atoms with E-state index in [2.05, 4.69) is 31.5 Å². The summed E-state index contributed by atoms with van der Waals surface area (Å²) in [5.41, 5.74) is 2.48. The van der Waals surface area contributed by atoms with Gasteiger partial charge in [0.05, 0.1) is 27.0 Å². The zero-order valence-corrected chi connectivity index (χ0v) is 14.8. The Kier molecular flexibility index (Phi) is 5.49. The van der Waals surface area contributed by atoms with Crippen LogP contribution in [0.15, 0.2) is 18.3 Å². The van der Waals surface area contributed by atoms with Gasteiger partial charge < -0.3 is 24.4 Å². The zero-order valence-electron chi connectivity index (χ0n) is 14.8.